The molecule has 31 heavy (non-hydrogen) atoms. The van der Waals surface area contributed by atoms with Crippen LogP contribution in [0, 0.1) is 5.92 Å². The molecule has 0 radical (unpaired) electrons. The molecule has 0 amide bonds. The minimum Gasteiger partial charge on any atom is -0.473 e. The molecule has 0 saturated carbocycles. The molecule has 0 bridgehead atoms. The van der Waals surface area contributed by atoms with Gasteiger partial charge in [-0.3, -0.25) is 4.79 Å². The molecule has 0 N–H and O–H groups in total. The summed E-state index contributed by atoms with van der Waals surface area (Å²) >= 11 is 1.64. The molecular formula is C25H38N2O3S. The minimum atomic E-state index is -0.346. The Balaban J connectivity index is 0.000000654. The van der Waals surface area contributed by atoms with Crippen molar-refractivity contribution in [2.75, 3.05) is 0 Å². The highest BCUT2D eigenvalue weighted by molar-refractivity contribution is 7.13. The molecule has 0 aliphatic heterocycles. The summed E-state index contributed by atoms with van der Waals surface area (Å²) in [5.74, 6) is 0.447. The van der Waals surface area contributed by atoms with Crippen molar-refractivity contribution in [3.63, 3.8) is 0 Å². The Kier molecular flexibility index (Phi) is 11.4. The molecule has 3 aromatic rings. The molecule has 0 atom stereocenters. The van der Waals surface area contributed by atoms with Gasteiger partial charge in [-0.05, 0) is 58.2 Å². The van der Waals surface area contributed by atoms with Gasteiger partial charge in [-0.1, -0.05) is 46.9 Å². The number of aromatic nitrogens is 2. The first-order valence-corrected chi connectivity index (χ1v) is 10.6. The molecule has 0 fully saturated rings. The molecule has 0 saturated heterocycles. The van der Waals surface area contributed by atoms with Gasteiger partial charge in [-0.2, -0.15) is 0 Å². The molecule has 2 heterocycles. The fourth-order valence-corrected chi connectivity index (χ4v) is 2.99. The lowest BCUT2D eigenvalue weighted by Gasteiger charge is -2.20. The SMILES string of the molecule is C.C.CC(C)C(=O)OC(C)(C)C.CC(C)Oc1nc2ccccc2nc1-c1cccs1. The van der Waals surface area contributed by atoms with E-state index in [-0.39, 0.29) is 38.4 Å². The Bertz CT molecular complexity index is 930. The second-order valence-electron chi connectivity index (χ2n) is 8.20. The summed E-state index contributed by atoms with van der Waals surface area (Å²) in [6, 6.07) is 11.9. The van der Waals surface area contributed by atoms with Crippen LogP contribution in [0.25, 0.3) is 21.6 Å². The van der Waals surface area contributed by atoms with Crippen molar-refractivity contribution >= 4 is 28.3 Å². The predicted octanol–water partition coefficient (Wildman–Crippen LogP) is 7.40. The monoisotopic (exact) mass is 446 g/mol. The van der Waals surface area contributed by atoms with Gasteiger partial charge in [0, 0.05) is 0 Å². The number of benzene rings is 1. The van der Waals surface area contributed by atoms with Crippen LogP contribution in [0.4, 0.5) is 0 Å². The van der Waals surface area contributed by atoms with E-state index in [9.17, 15) is 4.79 Å². The van der Waals surface area contributed by atoms with Crippen LogP contribution < -0.4 is 4.74 Å². The van der Waals surface area contributed by atoms with E-state index in [1.165, 1.54) is 0 Å². The topological polar surface area (TPSA) is 61.3 Å². The summed E-state index contributed by atoms with van der Waals surface area (Å²) in [4.78, 5) is 21.3. The molecule has 5 nitrogen and oxygen atoms in total. The summed E-state index contributed by atoms with van der Waals surface area (Å²) in [6.07, 6.45) is 0.0779. The number of para-hydroxylation sites is 2. The first kappa shape index (κ1) is 28.5. The summed E-state index contributed by atoms with van der Waals surface area (Å²) < 4.78 is 10.9. The molecule has 0 spiro atoms. The number of fused-ring (bicyclic) bond motifs is 1. The van der Waals surface area contributed by atoms with E-state index in [4.69, 9.17) is 14.5 Å². The van der Waals surface area contributed by atoms with E-state index in [1.807, 2.05) is 90.2 Å². The lowest BCUT2D eigenvalue weighted by Crippen LogP contribution is -2.26. The number of carbonyl (C=O) groups excluding carboxylic acids is 1. The maximum atomic E-state index is 10.9. The quantitative estimate of drug-likeness (QED) is 0.391. The van der Waals surface area contributed by atoms with Crippen molar-refractivity contribution in [1.29, 1.82) is 0 Å². The van der Waals surface area contributed by atoms with Gasteiger partial charge in [0.1, 0.15) is 11.3 Å². The van der Waals surface area contributed by atoms with Crippen molar-refractivity contribution < 1.29 is 14.3 Å². The first-order chi connectivity index (χ1) is 13.6. The first-order valence-electron chi connectivity index (χ1n) is 9.77. The van der Waals surface area contributed by atoms with E-state index < -0.39 is 0 Å². The van der Waals surface area contributed by atoms with Crippen molar-refractivity contribution in [2.45, 2.75) is 75.0 Å². The number of nitrogens with zero attached hydrogens (tertiary/aromatic N) is 2. The summed E-state index contributed by atoms with van der Waals surface area (Å²) in [5.41, 5.74) is 2.23. The van der Waals surface area contributed by atoms with E-state index in [2.05, 4.69) is 4.98 Å². The number of ether oxygens (including phenoxy) is 2. The lowest BCUT2D eigenvalue weighted by atomic mass is 10.1. The molecule has 0 unspecified atom stereocenters. The third-order valence-corrected chi connectivity index (χ3v) is 4.40. The molecule has 172 valence electrons. The molecule has 1 aromatic carbocycles. The second-order valence-corrected chi connectivity index (χ2v) is 9.15. The largest absolute Gasteiger partial charge is 0.473 e. The van der Waals surface area contributed by atoms with Crippen molar-refractivity contribution in [2.24, 2.45) is 5.92 Å². The van der Waals surface area contributed by atoms with E-state index in [0.29, 0.717) is 5.88 Å². The van der Waals surface area contributed by atoms with Crippen LogP contribution in [0.5, 0.6) is 5.88 Å². The number of hydrogen-bond donors (Lipinski definition) is 0. The minimum absolute atomic E-state index is 0. The average molecular weight is 447 g/mol. The highest BCUT2D eigenvalue weighted by atomic mass is 32.1. The zero-order chi connectivity index (χ0) is 21.6. The average Bonchev–Trinajstić information content (AvgIpc) is 3.14. The van der Waals surface area contributed by atoms with Crippen LogP contribution in [-0.2, 0) is 9.53 Å². The van der Waals surface area contributed by atoms with Gasteiger partial charge < -0.3 is 9.47 Å². The van der Waals surface area contributed by atoms with Crippen LogP contribution in [0.15, 0.2) is 41.8 Å². The maximum absolute atomic E-state index is 10.9. The second kappa shape index (κ2) is 12.4. The normalized spacial score (nSPS) is 10.6. The predicted molar refractivity (Wildman–Crippen MR) is 133 cm³/mol. The number of thiophene rings is 1. The van der Waals surface area contributed by atoms with E-state index in [0.717, 1.165) is 21.6 Å². The van der Waals surface area contributed by atoms with Crippen LogP contribution in [0.1, 0.15) is 63.3 Å². The Morgan fingerprint density at radius 1 is 0.935 bits per heavy atom. The smallest absolute Gasteiger partial charge is 0.308 e. The van der Waals surface area contributed by atoms with Crippen LogP contribution in [0.2, 0.25) is 0 Å². The summed E-state index contributed by atoms with van der Waals surface area (Å²) in [7, 11) is 0. The van der Waals surface area contributed by atoms with Gasteiger partial charge >= 0.3 is 5.97 Å². The Hall–Kier alpha value is -2.47. The summed E-state index contributed by atoms with van der Waals surface area (Å²) in [6.45, 7) is 13.3. The van der Waals surface area contributed by atoms with Crippen molar-refractivity contribution in [3.8, 4) is 16.5 Å². The zero-order valence-electron chi connectivity index (χ0n) is 18.2. The van der Waals surface area contributed by atoms with Gasteiger partial charge in [0.05, 0.1) is 27.9 Å². The fraction of sp³-hybridized carbons (Fsp3) is 0.480. The van der Waals surface area contributed by atoms with Gasteiger partial charge in [0.25, 0.3) is 0 Å². The number of carbonyl (C=O) groups is 1. The summed E-state index contributed by atoms with van der Waals surface area (Å²) in [5, 5.41) is 2.03. The Morgan fingerprint density at radius 2 is 1.52 bits per heavy atom. The van der Waals surface area contributed by atoms with Gasteiger partial charge in [0.2, 0.25) is 5.88 Å². The molecular weight excluding hydrogens is 408 g/mol. The van der Waals surface area contributed by atoms with Crippen LogP contribution in [0.3, 0.4) is 0 Å². The van der Waals surface area contributed by atoms with Crippen LogP contribution >= 0.6 is 11.3 Å². The third kappa shape index (κ3) is 9.05. The Labute approximate surface area is 191 Å². The zero-order valence-corrected chi connectivity index (χ0v) is 19.0. The Morgan fingerprint density at radius 3 is 1.94 bits per heavy atom. The number of esters is 1. The third-order valence-electron chi connectivity index (χ3n) is 3.52. The number of hydrogen-bond acceptors (Lipinski definition) is 6. The van der Waals surface area contributed by atoms with Crippen molar-refractivity contribution in [3.05, 3.63) is 41.8 Å². The molecule has 6 heteroatoms. The van der Waals surface area contributed by atoms with Crippen LogP contribution in [-0.4, -0.2) is 27.6 Å². The molecule has 0 aliphatic carbocycles. The molecule has 2 aromatic heterocycles. The van der Waals surface area contributed by atoms with Gasteiger partial charge in [0.15, 0.2) is 0 Å². The maximum Gasteiger partial charge on any atom is 0.308 e. The molecule has 3 rings (SSSR count). The highest BCUT2D eigenvalue weighted by Gasteiger charge is 2.18. The standard InChI is InChI=1S/C15H14N2OS.C8H16O2.2CH4/c1-10(2)18-15-14(13-8-5-9-19-13)16-11-6-3-4-7-12(11)17-15;1-6(2)7(9)10-8(3,4)5;;/h3-10H,1-2H3;6H,1-5H3;2*1H4. The van der Waals surface area contributed by atoms with Gasteiger partial charge in [-0.25, -0.2) is 9.97 Å². The van der Waals surface area contributed by atoms with Gasteiger partial charge in [-0.15, -0.1) is 11.3 Å². The fourth-order valence-electron chi connectivity index (χ4n) is 2.28. The van der Waals surface area contributed by atoms with E-state index in [1.54, 1.807) is 11.3 Å². The highest BCUT2D eigenvalue weighted by Crippen LogP contribution is 2.32. The number of rotatable bonds is 4. The lowest BCUT2D eigenvalue weighted by molar-refractivity contribution is -0.158. The molecule has 0 aliphatic rings. The van der Waals surface area contributed by atoms with Crippen molar-refractivity contribution in [1.82, 2.24) is 9.97 Å². The van der Waals surface area contributed by atoms with E-state index >= 15 is 0 Å².